The third-order valence-corrected chi connectivity index (χ3v) is 7.41. The van der Waals surface area contributed by atoms with Crippen LogP contribution < -0.4 is 4.90 Å². The Hall–Kier alpha value is -3.15. The maximum atomic E-state index is 13.3. The molecule has 0 radical (unpaired) electrons. The summed E-state index contributed by atoms with van der Waals surface area (Å²) in [5.74, 6) is 1.23. The van der Waals surface area contributed by atoms with Gasteiger partial charge < -0.3 is 14.7 Å². The van der Waals surface area contributed by atoms with Crippen molar-refractivity contribution in [1.82, 2.24) is 14.8 Å². The first kappa shape index (κ1) is 25.9. The summed E-state index contributed by atoms with van der Waals surface area (Å²) in [6.07, 6.45) is 11.1. The van der Waals surface area contributed by atoms with Gasteiger partial charge in [0.2, 0.25) is 11.8 Å². The van der Waals surface area contributed by atoms with Crippen LogP contribution in [0.4, 0.5) is 5.82 Å². The van der Waals surface area contributed by atoms with Gasteiger partial charge in [-0.25, -0.2) is 4.98 Å². The van der Waals surface area contributed by atoms with E-state index in [1.807, 2.05) is 15.9 Å². The van der Waals surface area contributed by atoms with Crippen molar-refractivity contribution in [3.8, 4) is 0 Å². The second-order valence-electron chi connectivity index (χ2n) is 10.2. The van der Waals surface area contributed by atoms with Crippen LogP contribution in [0.15, 0.2) is 48.6 Å². The van der Waals surface area contributed by atoms with Crippen LogP contribution in [-0.4, -0.2) is 59.3 Å². The Balaban J connectivity index is 1.63. The maximum absolute atomic E-state index is 13.3. The molecule has 0 bridgehead atoms. The number of hydrogen-bond acceptors (Lipinski definition) is 4. The summed E-state index contributed by atoms with van der Waals surface area (Å²) in [4.78, 5) is 36.4. The van der Waals surface area contributed by atoms with Gasteiger partial charge in [0.25, 0.3) is 0 Å². The summed E-state index contributed by atoms with van der Waals surface area (Å²) < 4.78 is 0. The zero-order valence-electron chi connectivity index (χ0n) is 22.0. The molecule has 0 unspecified atom stereocenters. The summed E-state index contributed by atoms with van der Waals surface area (Å²) in [7, 11) is 0. The Bertz CT molecular complexity index is 1130. The van der Waals surface area contributed by atoms with Crippen LogP contribution in [0.25, 0.3) is 10.9 Å². The fourth-order valence-electron chi connectivity index (χ4n) is 5.24. The summed E-state index contributed by atoms with van der Waals surface area (Å²) in [5, 5.41) is 1.10. The molecule has 1 fully saturated rings. The number of amides is 2. The van der Waals surface area contributed by atoms with E-state index in [9.17, 15) is 9.59 Å². The lowest BCUT2D eigenvalue weighted by atomic mass is 9.97. The zero-order valence-corrected chi connectivity index (χ0v) is 22.0. The number of aryl methyl sites for hydroxylation is 1. The minimum atomic E-state index is 0.118. The van der Waals surface area contributed by atoms with Gasteiger partial charge in [-0.2, -0.15) is 0 Å². The highest BCUT2D eigenvalue weighted by Gasteiger charge is 2.24. The minimum absolute atomic E-state index is 0.118. The number of fused-ring (bicyclic) bond motifs is 1. The highest BCUT2D eigenvalue weighted by Crippen LogP contribution is 2.28. The van der Waals surface area contributed by atoms with E-state index in [0.29, 0.717) is 32.5 Å². The van der Waals surface area contributed by atoms with Crippen LogP contribution in [0, 0.1) is 6.92 Å². The number of rotatable bonds is 9. The number of nitrogens with zero attached hydrogens (tertiary/aromatic N) is 4. The topological polar surface area (TPSA) is 56.8 Å². The lowest BCUT2D eigenvalue weighted by Gasteiger charge is -2.36. The number of hydrogen-bond donors (Lipinski definition) is 0. The number of carbonyl (C=O) groups excluding carboxylic acids is 2. The van der Waals surface area contributed by atoms with Gasteiger partial charge in [0.1, 0.15) is 5.82 Å². The number of pyridine rings is 1. The SMILES string of the molecule is C=CCCC(=O)N(CCC1=CCCCC1)Cc1cc2cc(C)ccc2nc1N1CCN(C(C)=O)CC1. The van der Waals surface area contributed by atoms with Crippen molar-refractivity contribution in [2.24, 2.45) is 0 Å². The average molecular weight is 489 g/mol. The second-order valence-corrected chi connectivity index (χ2v) is 10.2. The van der Waals surface area contributed by atoms with Crippen molar-refractivity contribution >= 4 is 28.5 Å². The number of carbonyl (C=O) groups is 2. The van der Waals surface area contributed by atoms with Crippen molar-refractivity contribution in [2.45, 2.75) is 65.3 Å². The molecule has 192 valence electrons. The predicted molar refractivity (Wildman–Crippen MR) is 147 cm³/mol. The molecule has 0 spiro atoms. The molecule has 0 N–H and O–H groups in total. The number of anilines is 1. The maximum Gasteiger partial charge on any atom is 0.223 e. The number of piperazine rings is 1. The molecule has 6 heteroatoms. The number of aromatic nitrogens is 1. The molecule has 6 nitrogen and oxygen atoms in total. The van der Waals surface area contributed by atoms with Crippen LogP contribution >= 0.6 is 0 Å². The highest BCUT2D eigenvalue weighted by molar-refractivity contribution is 5.83. The van der Waals surface area contributed by atoms with Gasteiger partial charge in [-0.05, 0) is 63.6 Å². The van der Waals surface area contributed by atoms with Gasteiger partial charge in [0, 0.05) is 63.6 Å². The van der Waals surface area contributed by atoms with Gasteiger partial charge in [-0.1, -0.05) is 29.4 Å². The van der Waals surface area contributed by atoms with Crippen LogP contribution in [0.2, 0.25) is 0 Å². The summed E-state index contributed by atoms with van der Waals surface area (Å²) in [6, 6.07) is 8.55. The molecule has 2 aromatic rings. The number of allylic oxidation sites excluding steroid dienone is 2. The smallest absolute Gasteiger partial charge is 0.223 e. The molecule has 36 heavy (non-hydrogen) atoms. The Morgan fingerprint density at radius 2 is 1.94 bits per heavy atom. The predicted octanol–water partition coefficient (Wildman–Crippen LogP) is 5.40. The van der Waals surface area contributed by atoms with E-state index in [0.717, 1.165) is 61.2 Å². The van der Waals surface area contributed by atoms with E-state index in [2.05, 4.69) is 48.7 Å². The molecule has 1 saturated heterocycles. The fourth-order valence-corrected chi connectivity index (χ4v) is 5.24. The Kier molecular flexibility index (Phi) is 8.79. The van der Waals surface area contributed by atoms with E-state index < -0.39 is 0 Å². The van der Waals surface area contributed by atoms with Crippen molar-refractivity contribution in [2.75, 3.05) is 37.6 Å². The van der Waals surface area contributed by atoms with Gasteiger partial charge in [-0.3, -0.25) is 9.59 Å². The average Bonchev–Trinajstić information content (AvgIpc) is 2.89. The highest BCUT2D eigenvalue weighted by atomic mass is 16.2. The molecule has 2 amide bonds. The quantitative estimate of drug-likeness (QED) is 0.444. The molecular formula is C30H40N4O2. The van der Waals surface area contributed by atoms with Gasteiger partial charge in [0.05, 0.1) is 5.52 Å². The molecule has 2 heterocycles. The summed E-state index contributed by atoms with van der Waals surface area (Å²) in [5.41, 5.74) is 4.72. The molecule has 1 aromatic heterocycles. The lowest BCUT2D eigenvalue weighted by molar-refractivity contribution is -0.132. The van der Waals surface area contributed by atoms with E-state index in [1.54, 1.807) is 6.92 Å². The third kappa shape index (κ3) is 6.54. The van der Waals surface area contributed by atoms with E-state index >= 15 is 0 Å². The standard InChI is InChI=1S/C30H40N4O2/c1-4-5-11-29(36)34(15-14-25-9-7-6-8-10-25)22-27-21-26-20-23(2)12-13-28(26)31-30(27)33-18-16-32(17-19-33)24(3)35/h4,9,12-13,20-21H,1,5-8,10-11,14-19,22H2,2-3H3. The normalized spacial score (nSPS) is 16.1. The van der Waals surface area contributed by atoms with Gasteiger partial charge >= 0.3 is 0 Å². The molecule has 2 aliphatic rings. The summed E-state index contributed by atoms with van der Waals surface area (Å²) >= 11 is 0. The van der Waals surface area contributed by atoms with Crippen LogP contribution in [0.5, 0.6) is 0 Å². The zero-order chi connectivity index (χ0) is 25.5. The molecule has 4 rings (SSSR count). The Morgan fingerprint density at radius 1 is 1.14 bits per heavy atom. The molecular weight excluding hydrogens is 448 g/mol. The molecule has 1 aromatic carbocycles. The monoisotopic (exact) mass is 488 g/mol. The largest absolute Gasteiger partial charge is 0.353 e. The van der Waals surface area contributed by atoms with Gasteiger partial charge in [0.15, 0.2) is 0 Å². The van der Waals surface area contributed by atoms with Crippen molar-refractivity contribution in [3.63, 3.8) is 0 Å². The Labute approximate surface area is 215 Å². The van der Waals surface area contributed by atoms with Crippen molar-refractivity contribution < 1.29 is 9.59 Å². The fraction of sp³-hybridized carbons (Fsp3) is 0.500. The first-order valence-corrected chi connectivity index (χ1v) is 13.4. The van der Waals surface area contributed by atoms with Crippen LogP contribution in [0.3, 0.4) is 0 Å². The van der Waals surface area contributed by atoms with Crippen molar-refractivity contribution in [1.29, 1.82) is 0 Å². The molecule has 0 atom stereocenters. The first-order valence-electron chi connectivity index (χ1n) is 13.4. The summed E-state index contributed by atoms with van der Waals surface area (Å²) in [6.45, 7) is 11.7. The molecule has 0 saturated carbocycles. The van der Waals surface area contributed by atoms with Crippen molar-refractivity contribution in [3.05, 3.63) is 59.7 Å². The lowest BCUT2D eigenvalue weighted by Crippen LogP contribution is -2.48. The number of benzene rings is 1. The van der Waals surface area contributed by atoms with Crippen LogP contribution in [-0.2, 0) is 16.1 Å². The third-order valence-electron chi connectivity index (χ3n) is 7.41. The molecule has 1 aliphatic carbocycles. The minimum Gasteiger partial charge on any atom is -0.353 e. The molecule has 1 aliphatic heterocycles. The van der Waals surface area contributed by atoms with E-state index in [4.69, 9.17) is 4.98 Å². The second kappa shape index (κ2) is 12.2. The van der Waals surface area contributed by atoms with E-state index in [1.165, 1.54) is 24.0 Å². The Morgan fingerprint density at radius 3 is 2.64 bits per heavy atom. The van der Waals surface area contributed by atoms with Crippen LogP contribution in [0.1, 0.15) is 63.0 Å². The van der Waals surface area contributed by atoms with Gasteiger partial charge in [-0.15, -0.1) is 6.58 Å². The first-order chi connectivity index (χ1) is 17.4. The van der Waals surface area contributed by atoms with E-state index in [-0.39, 0.29) is 11.8 Å².